The second kappa shape index (κ2) is 5.10. The van der Waals surface area contributed by atoms with Crippen LogP contribution in [-0.4, -0.2) is 10.2 Å². The Morgan fingerprint density at radius 2 is 2.24 bits per heavy atom. The Labute approximate surface area is 113 Å². The summed E-state index contributed by atoms with van der Waals surface area (Å²) in [5.41, 5.74) is 8.85. The zero-order valence-corrected chi connectivity index (χ0v) is 11.8. The van der Waals surface area contributed by atoms with Gasteiger partial charge >= 0.3 is 0 Å². The minimum Gasteiger partial charge on any atom is -0.382 e. The number of halogens is 2. The summed E-state index contributed by atoms with van der Waals surface area (Å²) in [5.74, 6) is 0.564. The van der Waals surface area contributed by atoms with Crippen LogP contribution in [0.5, 0.6) is 0 Å². The van der Waals surface area contributed by atoms with Crippen molar-refractivity contribution in [2.24, 2.45) is 0 Å². The number of hydrogen-bond acceptors (Lipinski definition) is 2. The van der Waals surface area contributed by atoms with Crippen LogP contribution in [0.25, 0.3) is 11.3 Å². The van der Waals surface area contributed by atoms with Crippen molar-refractivity contribution in [2.45, 2.75) is 19.8 Å². The fourth-order valence-electron chi connectivity index (χ4n) is 1.79. The summed E-state index contributed by atoms with van der Waals surface area (Å²) in [6.07, 6.45) is 1.92. The van der Waals surface area contributed by atoms with Crippen LogP contribution in [0.1, 0.15) is 18.9 Å². The highest BCUT2D eigenvalue weighted by atomic mass is 79.9. The summed E-state index contributed by atoms with van der Waals surface area (Å²) in [6.45, 7) is 2.11. The molecule has 0 saturated carbocycles. The molecule has 0 saturated heterocycles. The van der Waals surface area contributed by atoms with Crippen LogP contribution in [-0.2, 0) is 6.42 Å². The Hall–Kier alpha value is -1.000. The van der Waals surface area contributed by atoms with Gasteiger partial charge in [0.2, 0.25) is 0 Å². The lowest BCUT2D eigenvalue weighted by molar-refractivity contribution is 0.927. The SMILES string of the molecule is CCCc1c(N)n[nH]c1-c1cc(Cl)ccc1Br. The molecule has 0 amide bonds. The number of nitrogens with zero attached hydrogens (tertiary/aromatic N) is 1. The van der Waals surface area contributed by atoms with Gasteiger partial charge in [0.1, 0.15) is 5.82 Å². The van der Waals surface area contributed by atoms with Gasteiger partial charge < -0.3 is 5.73 Å². The summed E-state index contributed by atoms with van der Waals surface area (Å²) in [5, 5.41) is 7.74. The van der Waals surface area contributed by atoms with Crippen LogP contribution in [0.4, 0.5) is 5.82 Å². The standard InChI is InChI=1S/C12H13BrClN3/c1-2-3-8-11(16-17-12(8)15)9-6-7(14)4-5-10(9)13/h4-6H,2-3H2,1H3,(H3,15,16,17). The Morgan fingerprint density at radius 3 is 2.94 bits per heavy atom. The highest BCUT2D eigenvalue weighted by Crippen LogP contribution is 2.33. The number of hydrogen-bond donors (Lipinski definition) is 2. The van der Waals surface area contributed by atoms with E-state index in [1.807, 2.05) is 18.2 Å². The fourth-order valence-corrected chi connectivity index (χ4v) is 2.41. The highest BCUT2D eigenvalue weighted by molar-refractivity contribution is 9.10. The second-order valence-corrected chi connectivity index (χ2v) is 5.13. The maximum absolute atomic E-state index is 6.02. The number of benzene rings is 1. The van der Waals surface area contributed by atoms with Crippen molar-refractivity contribution in [3.63, 3.8) is 0 Å². The van der Waals surface area contributed by atoms with E-state index in [-0.39, 0.29) is 0 Å². The maximum atomic E-state index is 6.02. The zero-order valence-electron chi connectivity index (χ0n) is 9.43. The van der Waals surface area contributed by atoms with E-state index >= 15 is 0 Å². The number of aromatic amines is 1. The molecule has 0 spiro atoms. The molecule has 2 aromatic rings. The quantitative estimate of drug-likeness (QED) is 0.898. The van der Waals surface area contributed by atoms with Crippen LogP contribution in [0, 0.1) is 0 Å². The number of nitrogen functional groups attached to an aromatic ring is 1. The van der Waals surface area contributed by atoms with Gasteiger partial charge in [0.25, 0.3) is 0 Å². The van der Waals surface area contributed by atoms with Crippen LogP contribution >= 0.6 is 27.5 Å². The first kappa shape index (κ1) is 12.5. The normalized spacial score (nSPS) is 10.8. The first-order chi connectivity index (χ1) is 8.13. The molecule has 1 aromatic heterocycles. The van der Waals surface area contributed by atoms with Gasteiger partial charge in [0.15, 0.2) is 0 Å². The molecular weight excluding hydrogens is 302 g/mol. The molecule has 0 bridgehead atoms. The average molecular weight is 315 g/mol. The van der Waals surface area contributed by atoms with Gasteiger partial charge in [-0.1, -0.05) is 40.9 Å². The number of nitrogens with one attached hydrogen (secondary N) is 1. The van der Waals surface area contributed by atoms with E-state index in [1.165, 1.54) is 0 Å². The van der Waals surface area contributed by atoms with Crippen LogP contribution in [0.15, 0.2) is 22.7 Å². The van der Waals surface area contributed by atoms with E-state index in [1.54, 1.807) is 0 Å². The van der Waals surface area contributed by atoms with Gasteiger partial charge in [0.05, 0.1) is 5.69 Å². The maximum Gasteiger partial charge on any atom is 0.149 e. The molecule has 0 radical (unpaired) electrons. The molecule has 0 atom stereocenters. The summed E-state index contributed by atoms with van der Waals surface area (Å²) in [7, 11) is 0. The predicted octanol–water partition coefficient (Wildman–Crippen LogP) is 4.03. The van der Waals surface area contributed by atoms with Gasteiger partial charge in [-0.25, -0.2) is 0 Å². The smallest absolute Gasteiger partial charge is 0.149 e. The Bertz CT molecular complexity index is 537. The number of aromatic nitrogens is 2. The molecular formula is C12H13BrClN3. The topological polar surface area (TPSA) is 54.7 Å². The van der Waals surface area contributed by atoms with Crippen molar-refractivity contribution in [3.8, 4) is 11.3 Å². The number of rotatable bonds is 3. The van der Waals surface area contributed by atoms with Gasteiger partial charge in [-0.15, -0.1) is 0 Å². The van der Waals surface area contributed by atoms with Crippen molar-refractivity contribution < 1.29 is 0 Å². The van der Waals surface area contributed by atoms with Crippen molar-refractivity contribution in [1.29, 1.82) is 0 Å². The largest absolute Gasteiger partial charge is 0.382 e. The third-order valence-corrected chi connectivity index (χ3v) is 3.52. The Morgan fingerprint density at radius 1 is 1.47 bits per heavy atom. The number of anilines is 1. The first-order valence-corrected chi connectivity index (χ1v) is 6.58. The van der Waals surface area contributed by atoms with Crippen molar-refractivity contribution in [2.75, 3.05) is 5.73 Å². The predicted molar refractivity (Wildman–Crippen MR) is 75.1 cm³/mol. The van der Waals surface area contributed by atoms with Gasteiger partial charge in [-0.05, 0) is 24.6 Å². The molecule has 3 N–H and O–H groups in total. The molecule has 0 aliphatic rings. The third-order valence-electron chi connectivity index (χ3n) is 2.60. The lowest BCUT2D eigenvalue weighted by Crippen LogP contribution is -1.93. The van der Waals surface area contributed by atoms with E-state index in [0.717, 1.165) is 34.1 Å². The summed E-state index contributed by atoms with van der Waals surface area (Å²) < 4.78 is 0.975. The number of nitrogens with two attached hydrogens (primary N) is 1. The molecule has 5 heteroatoms. The van der Waals surface area contributed by atoms with Gasteiger partial charge in [-0.2, -0.15) is 5.10 Å². The molecule has 1 aromatic carbocycles. The molecule has 2 rings (SSSR count). The molecule has 0 aliphatic carbocycles. The van der Waals surface area contributed by atoms with Gasteiger partial charge in [0, 0.05) is 20.6 Å². The zero-order chi connectivity index (χ0) is 12.4. The van der Waals surface area contributed by atoms with Gasteiger partial charge in [-0.3, -0.25) is 5.10 Å². The van der Waals surface area contributed by atoms with Crippen molar-refractivity contribution in [3.05, 3.63) is 33.3 Å². The molecule has 90 valence electrons. The molecule has 17 heavy (non-hydrogen) atoms. The molecule has 0 aliphatic heterocycles. The van der Waals surface area contributed by atoms with E-state index in [4.69, 9.17) is 17.3 Å². The molecule has 0 fully saturated rings. The fraction of sp³-hybridized carbons (Fsp3) is 0.250. The summed E-state index contributed by atoms with van der Waals surface area (Å²) in [4.78, 5) is 0. The molecule has 3 nitrogen and oxygen atoms in total. The first-order valence-electron chi connectivity index (χ1n) is 5.41. The van der Waals surface area contributed by atoms with Crippen LogP contribution < -0.4 is 5.73 Å². The van der Waals surface area contributed by atoms with Crippen LogP contribution in [0.3, 0.4) is 0 Å². The van der Waals surface area contributed by atoms with E-state index in [0.29, 0.717) is 10.8 Å². The highest BCUT2D eigenvalue weighted by Gasteiger charge is 2.14. The monoisotopic (exact) mass is 313 g/mol. The van der Waals surface area contributed by atoms with E-state index < -0.39 is 0 Å². The lowest BCUT2D eigenvalue weighted by atomic mass is 10.0. The summed E-state index contributed by atoms with van der Waals surface area (Å²) in [6, 6.07) is 5.66. The molecule has 1 heterocycles. The van der Waals surface area contributed by atoms with Crippen molar-refractivity contribution >= 4 is 33.3 Å². The van der Waals surface area contributed by atoms with E-state index in [9.17, 15) is 0 Å². The number of H-pyrrole nitrogens is 1. The second-order valence-electron chi connectivity index (χ2n) is 3.84. The average Bonchev–Trinajstić information content (AvgIpc) is 2.65. The lowest BCUT2D eigenvalue weighted by Gasteiger charge is -2.06. The Kier molecular flexibility index (Phi) is 3.74. The van der Waals surface area contributed by atoms with E-state index in [2.05, 4.69) is 33.1 Å². The minimum absolute atomic E-state index is 0.564. The van der Waals surface area contributed by atoms with Crippen molar-refractivity contribution in [1.82, 2.24) is 10.2 Å². The van der Waals surface area contributed by atoms with Crippen LogP contribution in [0.2, 0.25) is 5.02 Å². The Balaban J connectivity index is 2.56. The molecule has 0 unspecified atom stereocenters. The third kappa shape index (κ3) is 2.48. The summed E-state index contributed by atoms with van der Waals surface area (Å²) >= 11 is 9.53. The minimum atomic E-state index is 0.564.